The topological polar surface area (TPSA) is 46.2 Å². The first-order chi connectivity index (χ1) is 8.34. The monoisotopic (exact) mass is 261 g/mol. The van der Waals surface area contributed by atoms with Crippen LogP contribution in [0.5, 0.6) is 0 Å². The lowest BCUT2D eigenvalue weighted by Crippen LogP contribution is -2.28. The maximum Gasteiger partial charge on any atom is 0.166 e. The van der Waals surface area contributed by atoms with Gasteiger partial charge in [-0.05, 0) is 30.9 Å². The molecule has 0 aliphatic carbocycles. The molecule has 2 atom stereocenters. The van der Waals surface area contributed by atoms with E-state index in [-0.39, 0.29) is 0 Å². The van der Waals surface area contributed by atoms with E-state index in [9.17, 15) is 18.3 Å². The molecule has 0 aliphatic rings. The average Bonchev–Trinajstić information content (AvgIpc) is 2.31. The van der Waals surface area contributed by atoms with E-state index in [4.69, 9.17) is 5.73 Å². The van der Waals surface area contributed by atoms with Gasteiger partial charge >= 0.3 is 0 Å². The summed E-state index contributed by atoms with van der Waals surface area (Å²) < 4.78 is 39.9. The van der Waals surface area contributed by atoms with E-state index in [2.05, 4.69) is 0 Å². The SMILES string of the molecule is CC(C)CC[C@H](O)[C@H](N)c1c(F)ccc(F)c1F. The van der Waals surface area contributed by atoms with Crippen molar-refractivity contribution in [2.45, 2.75) is 38.8 Å². The number of rotatable bonds is 5. The van der Waals surface area contributed by atoms with Crippen LogP contribution in [0.4, 0.5) is 13.2 Å². The Kier molecular flexibility index (Phi) is 5.16. The van der Waals surface area contributed by atoms with Gasteiger partial charge in [0.05, 0.1) is 12.1 Å². The van der Waals surface area contributed by atoms with Crippen molar-refractivity contribution in [3.05, 3.63) is 35.1 Å². The van der Waals surface area contributed by atoms with Crippen LogP contribution in [0.2, 0.25) is 0 Å². The number of hydrogen-bond acceptors (Lipinski definition) is 2. The van der Waals surface area contributed by atoms with Gasteiger partial charge in [0.1, 0.15) is 5.82 Å². The minimum Gasteiger partial charge on any atom is -0.391 e. The summed E-state index contributed by atoms with van der Waals surface area (Å²) in [6.07, 6.45) is -0.111. The van der Waals surface area contributed by atoms with Crippen molar-refractivity contribution in [2.24, 2.45) is 11.7 Å². The molecule has 0 aliphatic heterocycles. The first-order valence-corrected chi connectivity index (χ1v) is 5.91. The van der Waals surface area contributed by atoms with Gasteiger partial charge in [-0.2, -0.15) is 0 Å². The van der Waals surface area contributed by atoms with E-state index in [0.717, 1.165) is 6.07 Å². The molecule has 0 fully saturated rings. The second kappa shape index (κ2) is 6.20. The van der Waals surface area contributed by atoms with Crippen molar-refractivity contribution in [3.8, 4) is 0 Å². The van der Waals surface area contributed by atoms with Gasteiger partial charge in [0, 0.05) is 5.56 Å². The van der Waals surface area contributed by atoms with Crippen molar-refractivity contribution < 1.29 is 18.3 Å². The fraction of sp³-hybridized carbons (Fsp3) is 0.538. The molecule has 0 radical (unpaired) electrons. The first kappa shape index (κ1) is 15.0. The molecule has 0 unspecified atom stereocenters. The third-order valence-corrected chi connectivity index (χ3v) is 2.87. The number of hydrogen-bond donors (Lipinski definition) is 2. The fourth-order valence-electron chi connectivity index (χ4n) is 1.72. The number of nitrogens with two attached hydrogens (primary N) is 1. The van der Waals surface area contributed by atoms with Crippen LogP contribution in [0.25, 0.3) is 0 Å². The Morgan fingerprint density at radius 3 is 2.22 bits per heavy atom. The zero-order valence-electron chi connectivity index (χ0n) is 10.5. The molecule has 3 N–H and O–H groups in total. The van der Waals surface area contributed by atoms with E-state index in [1.807, 2.05) is 13.8 Å². The van der Waals surface area contributed by atoms with E-state index < -0.39 is 35.2 Å². The van der Waals surface area contributed by atoms with Crippen molar-refractivity contribution in [1.82, 2.24) is 0 Å². The summed E-state index contributed by atoms with van der Waals surface area (Å²) in [4.78, 5) is 0. The van der Waals surface area contributed by atoms with Gasteiger partial charge in [-0.1, -0.05) is 13.8 Å². The number of aliphatic hydroxyl groups is 1. The van der Waals surface area contributed by atoms with Crippen molar-refractivity contribution in [2.75, 3.05) is 0 Å². The highest BCUT2D eigenvalue weighted by molar-refractivity contribution is 5.25. The predicted octanol–water partition coefficient (Wildman–Crippen LogP) is 2.90. The van der Waals surface area contributed by atoms with Crippen LogP contribution in [0.3, 0.4) is 0 Å². The third kappa shape index (κ3) is 3.46. The Hall–Kier alpha value is -1.07. The van der Waals surface area contributed by atoms with Crippen LogP contribution < -0.4 is 5.73 Å². The molecule has 0 saturated heterocycles. The third-order valence-electron chi connectivity index (χ3n) is 2.87. The van der Waals surface area contributed by atoms with Gasteiger partial charge in [0.15, 0.2) is 11.6 Å². The predicted molar refractivity (Wildman–Crippen MR) is 63.3 cm³/mol. The minimum atomic E-state index is -1.33. The number of benzene rings is 1. The zero-order chi connectivity index (χ0) is 13.9. The van der Waals surface area contributed by atoms with Crippen LogP contribution in [0.1, 0.15) is 38.3 Å². The molecule has 1 rings (SSSR count). The highest BCUT2D eigenvalue weighted by Gasteiger charge is 2.25. The van der Waals surface area contributed by atoms with Gasteiger partial charge in [-0.3, -0.25) is 0 Å². The van der Waals surface area contributed by atoms with Gasteiger partial charge in [0.25, 0.3) is 0 Å². The van der Waals surface area contributed by atoms with Crippen LogP contribution in [0.15, 0.2) is 12.1 Å². The molecule has 5 heteroatoms. The van der Waals surface area contributed by atoms with Gasteiger partial charge in [0.2, 0.25) is 0 Å². The van der Waals surface area contributed by atoms with E-state index in [0.29, 0.717) is 24.8 Å². The summed E-state index contributed by atoms with van der Waals surface area (Å²) in [6, 6.07) is 0.240. The molecule has 18 heavy (non-hydrogen) atoms. The second-order valence-corrected chi connectivity index (χ2v) is 4.82. The maximum atomic E-state index is 13.5. The lowest BCUT2D eigenvalue weighted by molar-refractivity contribution is 0.125. The molecule has 0 bridgehead atoms. The molecule has 0 heterocycles. The quantitative estimate of drug-likeness (QED) is 0.800. The molecule has 0 spiro atoms. The summed E-state index contributed by atoms with van der Waals surface area (Å²) in [6.45, 7) is 3.92. The Morgan fingerprint density at radius 1 is 1.11 bits per heavy atom. The molecular weight excluding hydrogens is 243 g/mol. The Balaban J connectivity index is 2.89. The van der Waals surface area contributed by atoms with E-state index in [1.54, 1.807) is 0 Å². The smallest absolute Gasteiger partial charge is 0.166 e. The zero-order valence-corrected chi connectivity index (χ0v) is 10.5. The van der Waals surface area contributed by atoms with Crippen molar-refractivity contribution in [3.63, 3.8) is 0 Å². The van der Waals surface area contributed by atoms with Crippen LogP contribution in [-0.4, -0.2) is 11.2 Å². The van der Waals surface area contributed by atoms with Crippen LogP contribution in [-0.2, 0) is 0 Å². The second-order valence-electron chi connectivity index (χ2n) is 4.82. The molecule has 0 amide bonds. The molecular formula is C13H18F3NO. The average molecular weight is 261 g/mol. The van der Waals surface area contributed by atoms with Crippen LogP contribution in [0, 0.1) is 23.4 Å². The van der Waals surface area contributed by atoms with Gasteiger partial charge < -0.3 is 10.8 Å². The summed E-state index contributed by atoms with van der Waals surface area (Å²) in [5.41, 5.74) is 5.01. The summed E-state index contributed by atoms with van der Waals surface area (Å²) >= 11 is 0. The molecule has 2 nitrogen and oxygen atoms in total. The highest BCUT2D eigenvalue weighted by Crippen LogP contribution is 2.25. The lowest BCUT2D eigenvalue weighted by Gasteiger charge is -2.21. The summed E-state index contributed by atoms with van der Waals surface area (Å²) in [7, 11) is 0. The molecule has 0 saturated carbocycles. The normalized spacial score (nSPS) is 14.9. The summed E-state index contributed by atoms with van der Waals surface area (Å²) in [5, 5.41) is 9.78. The fourth-order valence-corrected chi connectivity index (χ4v) is 1.72. The Labute approximate surface area is 105 Å². The van der Waals surface area contributed by atoms with E-state index >= 15 is 0 Å². The molecule has 1 aromatic carbocycles. The molecule has 1 aromatic rings. The van der Waals surface area contributed by atoms with Crippen LogP contribution >= 0.6 is 0 Å². The Bertz CT molecular complexity index is 409. The number of aliphatic hydroxyl groups excluding tert-OH is 1. The van der Waals surface area contributed by atoms with Gasteiger partial charge in [-0.15, -0.1) is 0 Å². The van der Waals surface area contributed by atoms with E-state index in [1.165, 1.54) is 0 Å². The first-order valence-electron chi connectivity index (χ1n) is 5.91. The lowest BCUT2D eigenvalue weighted by atomic mass is 9.95. The highest BCUT2D eigenvalue weighted by atomic mass is 19.2. The largest absolute Gasteiger partial charge is 0.391 e. The molecule has 102 valence electrons. The van der Waals surface area contributed by atoms with Crippen molar-refractivity contribution in [1.29, 1.82) is 0 Å². The van der Waals surface area contributed by atoms with Crippen molar-refractivity contribution >= 4 is 0 Å². The number of halogens is 3. The standard InChI is InChI=1S/C13H18F3NO/c1-7(2)3-6-10(18)13(17)11-8(14)4-5-9(15)12(11)16/h4-5,7,10,13,18H,3,6,17H2,1-2H3/t10-,13-/m0/s1. The summed E-state index contributed by atoms with van der Waals surface area (Å²) in [5.74, 6) is -3.09. The Morgan fingerprint density at radius 2 is 1.67 bits per heavy atom. The van der Waals surface area contributed by atoms with Gasteiger partial charge in [-0.25, -0.2) is 13.2 Å². The maximum absolute atomic E-state index is 13.5. The minimum absolute atomic E-state index is 0.314. The molecule has 0 aromatic heterocycles.